The number of para-hydroxylation sites is 4. The Hall–Kier alpha value is -7.10. The van der Waals surface area contributed by atoms with Crippen molar-refractivity contribution < 1.29 is 0 Å². The molecule has 0 saturated heterocycles. The summed E-state index contributed by atoms with van der Waals surface area (Å²) < 4.78 is 2.49. The van der Waals surface area contributed by atoms with Crippen LogP contribution in [0.25, 0.3) is 83.3 Å². The van der Waals surface area contributed by atoms with Crippen LogP contribution in [0.5, 0.6) is 0 Å². The van der Waals surface area contributed by atoms with Gasteiger partial charge < -0.3 is 4.57 Å². The van der Waals surface area contributed by atoms with Crippen LogP contribution in [-0.2, 0) is 5.41 Å². The van der Waals surface area contributed by atoms with E-state index in [4.69, 9.17) is 9.97 Å². The zero-order chi connectivity index (χ0) is 35.4. The molecule has 0 amide bonds. The lowest BCUT2D eigenvalue weighted by Gasteiger charge is -2.40. The first kappa shape index (κ1) is 29.5. The van der Waals surface area contributed by atoms with Crippen molar-refractivity contribution in [3.05, 3.63) is 210 Å². The van der Waals surface area contributed by atoms with Crippen molar-refractivity contribution in [2.45, 2.75) is 5.41 Å². The molecular weight excluding hydrogens is 655 g/mol. The molecule has 0 bridgehead atoms. The predicted octanol–water partition coefficient (Wildman–Crippen LogP) is 12.4. The number of aromatic nitrogens is 3. The minimum absolute atomic E-state index is 0.602. The van der Waals surface area contributed by atoms with Crippen LogP contribution in [0, 0.1) is 0 Å². The molecule has 250 valence electrons. The summed E-state index contributed by atoms with van der Waals surface area (Å²) in [6.07, 6.45) is 0. The third-order valence-corrected chi connectivity index (χ3v) is 11.8. The lowest BCUT2D eigenvalue weighted by atomic mass is 9.64. The van der Waals surface area contributed by atoms with Gasteiger partial charge in [-0.25, -0.2) is 9.97 Å². The molecule has 1 unspecified atom stereocenters. The Morgan fingerprint density at radius 2 is 1.00 bits per heavy atom. The van der Waals surface area contributed by atoms with Gasteiger partial charge >= 0.3 is 0 Å². The van der Waals surface area contributed by atoms with E-state index in [1.54, 1.807) is 0 Å². The zero-order valence-corrected chi connectivity index (χ0v) is 29.2. The largest absolute Gasteiger partial charge is 0.309 e. The molecule has 1 aliphatic heterocycles. The van der Waals surface area contributed by atoms with E-state index in [9.17, 15) is 0 Å². The third-order valence-electron chi connectivity index (χ3n) is 11.8. The fourth-order valence-corrected chi connectivity index (χ4v) is 9.68. The molecule has 1 atom stereocenters. The molecule has 1 aliphatic carbocycles. The van der Waals surface area contributed by atoms with E-state index in [1.807, 2.05) is 0 Å². The quantitative estimate of drug-likeness (QED) is 0.185. The predicted molar refractivity (Wildman–Crippen MR) is 221 cm³/mol. The van der Waals surface area contributed by atoms with E-state index in [1.165, 1.54) is 72.0 Å². The zero-order valence-electron chi connectivity index (χ0n) is 29.2. The average molecular weight is 686 g/mol. The van der Waals surface area contributed by atoms with Gasteiger partial charge in [-0.3, -0.25) is 0 Å². The standard InChI is InChI=1S/C51H31N3/c1-2-14-32(15-3-1)33-28-30-34(31-29-33)48-39-18-5-9-25-44(39)52-50(53-48)40-21-12-19-37-35-16-4-7-22-41(35)51(47(37)40)42-23-8-11-27-46(42)54-45-26-10-6-17-36(45)38-20-13-24-43(51)49(38)54/h1-31H. The van der Waals surface area contributed by atoms with Gasteiger partial charge in [-0.2, -0.15) is 0 Å². The lowest BCUT2D eigenvalue weighted by Crippen LogP contribution is -2.34. The minimum atomic E-state index is -0.602. The maximum Gasteiger partial charge on any atom is 0.160 e. The van der Waals surface area contributed by atoms with Crippen LogP contribution < -0.4 is 0 Å². The van der Waals surface area contributed by atoms with Gasteiger partial charge in [-0.15, -0.1) is 0 Å². The Morgan fingerprint density at radius 3 is 1.89 bits per heavy atom. The van der Waals surface area contributed by atoms with Crippen LogP contribution in [0.2, 0.25) is 0 Å². The van der Waals surface area contributed by atoms with Crippen LogP contribution in [0.1, 0.15) is 22.3 Å². The third kappa shape index (κ3) is 3.80. The van der Waals surface area contributed by atoms with E-state index < -0.39 is 5.41 Å². The Balaban J connectivity index is 1.18. The van der Waals surface area contributed by atoms with Crippen LogP contribution in [0.15, 0.2) is 188 Å². The Kier molecular flexibility index (Phi) is 5.98. The average Bonchev–Trinajstić information content (AvgIpc) is 3.75. The molecule has 0 radical (unpaired) electrons. The van der Waals surface area contributed by atoms with Crippen LogP contribution >= 0.6 is 0 Å². The second kappa shape index (κ2) is 11.0. The summed E-state index contributed by atoms with van der Waals surface area (Å²) in [6.45, 7) is 0. The highest BCUT2D eigenvalue weighted by Crippen LogP contribution is 2.62. The molecule has 2 aromatic heterocycles. The van der Waals surface area contributed by atoms with Crippen molar-refractivity contribution in [3.63, 3.8) is 0 Å². The van der Waals surface area contributed by atoms with Crippen molar-refractivity contribution in [3.8, 4) is 50.6 Å². The Bertz CT molecular complexity index is 3160. The van der Waals surface area contributed by atoms with Gasteiger partial charge in [0.05, 0.1) is 33.3 Å². The van der Waals surface area contributed by atoms with Gasteiger partial charge in [0.15, 0.2) is 5.82 Å². The summed E-state index contributed by atoms with van der Waals surface area (Å²) in [5.74, 6) is 0.732. The van der Waals surface area contributed by atoms with Gasteiger partial charge in [0.2, 0.25) is 0 Å². The Labute approximate surface area is 312 Å². The minimum Gasteiger partial charge on any atom is -0.309 e. The maximum atomic E-state index is 5.53. The number of nitrogens with zero attached hydrogens (tertiary/aromatic N) is 3. The van der Waals surface area contributed by atoms with Gasteiger partial charge in [0, 0.05) is 27.3 Å². The maximum absolute atomic E-state index is 5.53. The normalized spacial score (nSPS) is 15.1. The molecule has 0 fully saturated rings. The summed E-state index contributed by atoms with van der Waals surface area (Å²) in [5, 5.41) is 3.57. The van der Waals surface area contributed by atoms with Gasteiger partial charge in [-0.05, 0) is 62.7 Å². The first-order valence-electron chi connectivity index (χ1n) is 18.6. The molecule has 0 saturated carbocycles. The van der Waals surface area contributed by atoms with E-state index >= 15 is 0 Å². The molecule has 3 heterocycles. The SMILES string of the molecule is c1ccc(-c2ccc(-c3nc(-c4cccc5c4C4(c6ccccc6-5)c5ccccc5-n5c6ccccc6c6cccc4c65)nc4ccccc34)cc2)cc1. The number of fused-ring (bicyclic) bond motifs is 13. The molecule has 3 nitrogen and oxygen atoms in total. The van der Waals surface area contributed by atoms with Crippen LogP contribution in [0.4, 0.5) is 0 Å². The van der Waals surface area contributed by atoms with Crippen molar-refractivity contribution in [2.24, 2.45) is 0 Å². The molecule has 12 rings (SSSR count). The van der Waals surface area contributed by atoms with E-state index in [0.717, 1.165) is 33.5 Å². The van der Waals surface area contributed by atoms with Crippen LogP contribution in [0.3, 0.4) is 0 Å². The van der Waals surface area contributed by atoms with Crippen LogP contribution in [-0.4, -0.2) is 14.5 Å². The summed E-state index contributed by atoms with van der Waals surface area (Å²) in [4.78, 5) is 10.9. The van der Waals surface area contributed by atoms with Crippen molar-refractivity contribution in [1.82, 2.24) is 14.5 Å². The van der Waals surface area contributed by atoms with Gasteiger partial charge in [-0.1, -0.05) is 170 Å². The first-order valence-corrected chi connectivity index (χ1v) is 18.6. The molecule has 0 N–H and O–H groups in total. The molecular formula is C51H31N3. The highest BCUT2D eigenvalue weighted by atomic mass is 15.0. The van der Waals surface area contributed by atoms with Gasteiger partial charge in [0.1, 0.15) is 0 Å². The van der Waals surface area contributed by atoms with E-state index in [2.05, 4.69) is 193 Å². The molecule has 3 heteroatoms. The van der Waals surface area contributed by atoms with Crippen molar-refractivity contribution in [2.75, 3.05) is 0 Å². The van der Waals surface area contributed by atoms with Crippen molar-refractivity contribution in [1.29, 1.82) is 0 Å². The summed E-state index contributed by atoms with van der Waals surface area (Å²) in [7, 11) is 0. The second-order valence-corrected chi connectivity index (χ2v) is 14.5. The highest BCUT2D eigenvalue weighted by molar-refractivity contribution is 6.13. The summed E-state index contributed by atoms with van der Waals surface area (Å²) in [5.41, 5.74) is 17.0. The smallest absolute Gasteiger partial charge is 0.160 e. The Morgan fingerprint density at radius 1 is 0.389 bits per heavy atom. The number of benzene rings is 8. The number of hydrogen-bond acceptors (Lipinski definition) is 2. The molecule has 10 aromatic rings. The number of rotatable bonds is 3. The fourth-order valence-electron chi connectivity index (χ4n) is 9.68. The summed E-state index contributed by atoms with van der Waals surface area (Å²) in [6, 6.07) is 68.2. The molecule has 2 aliphatic rings. The fraction of sp³-hybridized carbons (Fsp3) is 0.0196. The second-order valence-electron chi connectivity index (χ2n) is 14.5. The first-order chi connectivity index (χ1) is 26.8. The molecule has 1 spiro atoms. The summed E-state index contributed by atoms with van der Waals surface area (Å²) >= 11 is 0. The number of hydrogen-bond donors (Lipinski definition) is 0. The van der Waals surface area contributed by atoms with Gasteiger partial charge in [0.25, 0.3) is 0 Å². The highest BCUT2D eigenvalue weighted by Gasteiger charge is 2.52. The lowest BCUT2D eigenvalue weighted by molar-refractivity contribution is 0.749. The molecule has 8 aromatic carbocycles. The van der Waals surface area contributed by atoms with E-state index in [0.29, 0.717) is 0 Å². The topological polar surface area (TPSA) is 30.7 Å². The monoisotopic (exact) mass is 685 g/mol. The van der Waals surface area contributed by atoms with Crippen molar-refractivity contribution >= 4 is 32.7 Å². The van der Waals surface area contributed by atoms with E-state index in [-0.39, 0.29) is 0 Å². The molecule has 54 heavy (non-hydrogen) atoms.